The highest BCUT2D eigenvalue weighted by molar-refractivity contribution is 4.83. The highest BCUT2D eigenvalue weighted by atomic mass is 16.5. The van der Waals surface area contributed by atoms with E-state index in [9.17, 15) is 5.11 Å². The number of aliphatic hydroxyl groups is 2. The predicted molar refractivity (Wildman–Crippen MR) is 41.2 cm³/mol. The standard InChI is InChI=1S/C8H16O3/c1-5(3-9)8-6(2)7(10)4-11-8/h5-10H,3-4H2,1-2H3/t5?,6?,7-,8-/m1/s1. The molecule has 0 radical (unpaired) electrons. The summed E-state index contributed by atoms with van der Waals surface area (Å²) >= 11 is 0. The van der Waals surface area contributed by atoms with Gasteiger partial charge < -0.3 is 14.9 Å². The van der Waals surface area contributed by atoms with Gasteiger partial charge in [0.05, 0.1) is 18.8 Å². The zero-order valence-corrected chi connectivity index (χ0v) is 7.03. The van der Waals surface area contributed by atoms with E-state index in [0.717, 1.165) is 0 Å². The van der Waals surface area contributed by atoms with Crippen molar-refractivity contribution in [1.82, 2.24) is 0 Å². The van der Waals surface area contributed by atoms with E-state index in [4.69, 9.17) is 9.84 Å². The molecule has 1 heterocycles. The minimum Gasteiger partial charge on any atom is -0.396 e. The summed E-state index contributed by atoms with van der Waals surface area (Å²) in [7, 11) is 0. The molecule has 2 unspecified atom stereocenters. The van der Waals surface area contributed by atoms with E-state index in [1.807, 2.05) is 13.8 Å². The number of aliphatic hydroxyl groups excluding tert-OH is 2. The van der Waals surface area contributed by atoms with Crippen molar-refractivity contribution in [3.8, 4) is 0 Å². The van der Waals surface area contributed by atoms with Crippen molar-refractivity contribution in [2.45, 2.75) is 26.1 Å². The molecule has 0 spiro atoms. The summed E-state index contributed by atoms with van der Waals surface area (Å²) in [6.45, 7) is 4.42. The monoisotopic (exact) mass is 160 g/mol. The van der Waals surface area contributed by atoms with Gasteiger partial charge in [-0.05, 0) is 0 Å². The molecule has 1 rings (SSSR count). The van der Waals surface area contributed by atoms with E-state index in [2.05, 4.69) is 0 Å². The number of rotatable bonds is 2. The Morgan fingerprint density at radius 1 is 1.64 bits per heavy atom. The van der Waals surface area contributed by atoms with Gasteiger partial charge in [0.15, 0.2) is 0 Å². The lowest BCUT2D eigenvalue weighted by molar-refractivity contribution is 0.0277. The molecule has 4 atom stereocenters. The van der Waals surface area contributed by atoms with Gasteiger partial charge in [0.1, 0.15) is 0 Å². The molecule has 1 fully saturated rings. The molecule has 0 amide bonds. The first-order valence-electron chi connectivity index (χ1n) is 4.07. The molecular formula is C8H16O3. The molecule has 11 heavy (non-hydrogen) atoms. The second-order valence-electron chi connectivity index (χ2n) is 3.38. The van der Waals surface area contributed by atoms with Gasteiger partial charge in [-0.15, -0.1) is 0 Å². The number of hydrogen-bond acceptors (Lipinski definition) is 3. The summed E-state index contributed by atoms with van der Waals surface area (Å²) in [5.41, 5.74) is 0. The molecule has 3 heteroatoms. The largest absolute Gasteiger partial charge is 0.396 e. The Kier molecular flexibility index (Phi) is 2.87. The van der Waals surface area contributed by atoms with E-state index in [1.54, 1.807) is 0 Å². The summed E-state index contributed by atoms with van der Waals surface area (Å²) in [6, 6.07) is 0. The lowest BCUT2D eigenvalue weighted by atomic mass is 9.92. The molecule has 1 aliphatic heterocycles. The zero-order valence-electron chi connectivity index (χ0n) is 7.03. The molecule has 0 saturated carbocycles. The fourth-order valence-electron chi connectivity index (χ4n) is 1.52. The van der Waals surface area contributed by atoms with Crippen LogP contribution in [0.3, 0.4) is 0 Å². The fourth-order valence-corrected chi connectivity index (χ4v) is 1.52. The van der Waals surface area contributed by atoms with Gasteiger partial charge in [-0.3, -0.25) is 0 Å². The second kappa shape index (κ2) is 3.52. The van der Waals surface area contributed by atoms with E-state index < -0.39 is 0 Å². The maximum atomic E-state index is 9.31. The molecule has 2 N–H and O–H groups in total. The van der Waals surface area contributed by atoms with Crippen LogP contribution in [0.5, 0.6) is 0 Å². The van der Waals surface area contributed by atoms with Crippen molar-refractivity contribution >= 4 is 0 Å². The van der Waals surface area contributed by atoms with Crippen molar-refractivity contribution in [2.24, 2.45) is 11.8 Å². The lowest BCUT2D eigenvalue weighted by Gasteiger charge is -2.20. The maximum Gasteiger partial charge on any atom is 0.0824 e. The van der Waals surface area contributed by atoms with Crippen LogP contribution in [0.1, 0.15) is 13.8 Å². The van der Waals surface area contributed by atoms with Gasteiger partial charge in [-0.1, -0.05) is 13.8 Å². The van der Waals surface area contributed by atoms with Crippen molar-refractivity contribution in [2.75, 3.05) is 13.2 Å². The van der Waals surface area contributed by atoms with Gasteiger partial charge in [0, 0.05) is 18.4 Å². The molecule has 3 nitrogen and oxygen atoms in total. The molecule has 1 aliphatic rings. The Bertz CT molecular complexity index is 127. The maximum absolute atomic E-state index is 9.31. The van der Waals surface area contributed by atoms with Crippen molar-refractivity contribution in [3.63, 3.8) is 0 Å². The Morgan fingerprint density at radius 2 is 2.27 bits per heavy atom. The Morgan fingerprint density at radius 3 is 2.64 bits per heavy atom. The highest BCUT2D eigenvalue weighted by Crippen LogP contribution is 2.26. The molecule has 0 aliphatic carbocycles. The van der Waals surface area contributed by atoms with Crippen LogP contribution in [0.25, 0.3) is 0 Å². The first-order chi connectivity index (χ1) is 5.16. The molecule has 0 aromatic heterocycles. The third kappa shape index (κ3) is 1.72. The van der Waals surface area contributed by atoms with Gasteiger partial charge in [-0.2, -0.15) is 0 Å². The Labute approximate surface area is 67.0 Å². The second-order valence-corrected chi connectivity index (χ2v) is 3.38. The van der Waals surface area contributed by atoms with Crippen LogP contribution in [-0.4, -0.2) is 35.6 Å². The SMILES string of the molecule is CC(CO)[C@H]1OC[C@@H](O)C1C. The van der Waals surface area contributed by atoms with Gasteiger partial charge in [0.2, 0.25) is 0 Å². The zero-order chi connectivity index (χ0) is 8.43. The quantitative estimate of drug-likeness (QED) is 0.598. The Hall–Kier alpha value is -0.120. The van der Waals surface area contributed by atoms with Crippen LogP contribution in [0, 0.1) is 11.8 Å². The van der Waals surface area contributed by atoms with E-state index >= 15 is 0 Å². The van der Waals surface area contributed by atoms with Crippen molar-refractivity contribution < 1.29 is 14.9 Å². The Balaban J connectivity index is 2.47. The smallest absolute Gasteiger partial charge is 0.0824 e. The summed E-state index contributed by atoms with van der Waals surface area (Å²) in [4.78, 5) is 0. The van der Waals surface area contributed by atoms with Crippen LogP contribution in [-0.2, 0) is 4.74 Å². The minimum absolute atomic E-state index is 0.0231. The first kappa shape index (κ1) is 8.97. The van der Waals surface area contributed by atoms with Crippen LogP contribution in [0.4, 0.5) is 0 Å². The van der Waals surface area contributed by atoms with Crippen LogP contribution in [0.15, 0.2) is 0 Å². The van der Waals surface area contributed by atoms with Crippen LogP contribution in [0.2, 0.25) is 0 Å². The average molecular weight is 160 g/mol. The molecular weight excluding hydrogens is 144 g/mol. The predicted octanol–water partition coefficient (Wildman–Crippen LogP) is 0.0106. The average Bonchev–Trinajstić information content (AvgIpc) is 2.32. The highest BCUT2D eigenvalue weighted by Gasteiger charge is 2.35. The topological polar surface area (TPSA) is 49.7 Å². The van der Waals surface area contributed by atoms with Crippen molar-refractivity contribution in [1.29, 1.82) is 0 Å². The summed E-state index contributed by atoms with van der Waals surface area (Å²) in [6.07, 6.45) is -0.330. The van der Waals surface area contributed by atoms with Crippen LogP contribution >= 0.6 is 0 Å². The normalized spacial score (nSPS) is 40.9. The molecule has 66 valence electrons. The van der Waals surface area contributed by atoms with E-state index in [0.29, 0.717) is 6.61 Å². The molecule has 0 bridgehead atoms. The molecule has 0 aromatic carbocycles. The van der Waals surface area contributed by atoms with Crippen molar-refractivity contribution in [3.05, 3.63) is 0 Å². The first-order valence-corrected chi connectivity index (χ1v) is 4.07. The summed E-state index contributed by atoms with van der Waals surface area (Å²) < 4.78 is 5.32. The fraction of sp³-hybridized carbons (Fsp3) is 1.00. The van der Waals surface area contributed by atoms with Gasteiger partial charge in [-0.25, -0.2) is 0 Å². The van der Waals surface area contributed by atoms with E-state index in [1.165, 1.54) is 0 Å². The van der Waals surface area contributed by atoms with E-state index in [-0.39, 0.29) is 30.7 Å². The summed E-state index contributed by atoms with van der Waals surface area (Å²) in [5.74, 6) is 0.277. The number of ether oxygens (including phenoxy) is 1. The minimum atomic E-state index is -0.353. The number of hydrogen-bond donors (Lipinski definition) is 2. The third-order valence-corrected chi connectivity index (χ3v) is 2.43. The van der Waals surface area contributed by atoms with Crippen LogP contribution < -0.4 is 0 Å². The van der Waals surface area contributed by atoms with Gasteiger partial charge >= 0.3 is 0 Å². The molecule has 0 aromatic rings. The van der Waals surface area contributed by atoms with Gasteiger partial charge in [0.25, 0.3) is 0 Å². The third-order valence-electron chi connectivity index (χ3n) is 2.43. The summed E-state index contributed by atoms with van der Waals surface area (Å²) in [5, 5.41) is 18.1. The molecule has 1 saturated heterocycles. The lowest BCUT2D eigenvalue weighted by Crippen LogP contribution is -2.28.